The van der Waals surface area contributed by atoms with Crippen LogP contribution in [0.5, 0.6) is 0 Å². The van der Waals surface area contributed by atoms with Gasteiger partial charge < -0.3 is 10.1 Å². The summed E-state index contributed by atoms with van der Waals surface area (Å²) < 4.78 is 74.3. The van der Waals surface area contributed by atoms with Crippen LogP contribution < -0.4 is 10.0 Å². The number of benzene rings is 2. The zero-order chi connectivity index (χ0) is 21.1. The largest absolute Gasteiger partial charge is 0.417 e. The van der Waals surface area contributed by atoms with E-state index in [1.165, 1.54) is 13.2 Å². The van der Waals surface area contributed by atoms with E-state index in [4.69, 9.17) is 4.74 Å². The van der Waals surface area contributed by atoms with Gasteiger partial charge in [-0.1, -0.05) is 30.3 Å². The standard InChI is InChI=1S/C20H23F3N2O3S/c1-28-13-15-4-2-3-5-17(15)14-6-7-19(18(12-14)20(21,22)23)29(26,27)25-16-8-10-24-11-9-16/h2-7,12,16,24-25H,8-11,13H2,1H3. The van der Waals surface area contributed by atoms with Gasteiger partial charge in [0, 0.05) is 13.2 Å². The summed E-state index contributed by atoms with van der Waals surface area (Å²) in [5.74, 6) is 0. The molecule has 0 spiro atoms. The molecule has 0 saturated carbocycles. The molecule has 2 aromatic rings. The summed E-state index contributed by atoms with van der Waals surface area (Å²) in [6.45, 7) is 1.47. The molecule has 1 aliphatic rings. The molecule has 0 atom stereocenters. The van der Waals surface area contributed by atoms with E-state index < -0.39 is 26.7 Å². The molecule has 5 nitrogen and oxygen atoms in total. The minimum Gasteiger partial charge on any atom is -0.380 e. The number of halogens is 3. The molecule has 3 rings (SSSR count). The van der Waals surface area contributed by atoms with Crippen LogP contribution in [0.2, 0.25) is 0 Å². The fourth-order valence-electron chi connectivity index (χ4n) is 3.46. The molecule has 0 bridgehead atoms. The number of hydrogen-bond acceptors (Lipinski definition) is 4. The van der Waals surface area contributed by atoms with Gasteiger partial charge in [-0.25, -0.2) is 13.1 Å². The van der Waals surface area contributed by atoms with E-state index in [1.54, 1.807) is 24.3 Å². The smallest absolute Gasteiger partial charge is 0.380 e. The number of nitrogens with one attached hydrogen (secondary N) is 2. The molecule has 1 heterocycles. The lowest BCUT2D eigenvalue weighted by molar-refractivity contribution is -0.139. The molecule has 2 N–H and O–H groups in total. The molecule has 0 aliphatic carbocycles. The minimum atomic E-state index is -4.82. The summed E-state index contributed by atoms with van der Waals surface area (Å²) in [4.78, 5) is -0.753. The van der Waals surface area contributed by atoms with Crippen molar-refractivity contribution in [3.8, 4) is 11.1 Å². The fourth-order valence-corrected chi connectivity index (χ4v) is 4.97. The highest BCUT2D eigenvalue weighted by Crippen LogP contribution is 2.37. The molecule has 29 heavy (non-hydrogen) atoms. The van der Waals surface area contributed by atoms with Gasteiger partial charge in [0.05, 0.1) is 17.1 Å². The zero-order valence-corrected chi connectivity index (χ0v) is 16.7. The number of ether oxygens (including phenoxy) is 1. The first-order chi connectivity index (χ1) is 13.7. The molecule has 158 valence electrons. The highest BCUT2D eigenvalue weighted by Gasteiger charge is 2.38. The third-order valence-corrected chi connectivity index (χ3v) is 6.44. The Labute approximate surface area is 168 Å². The molecule has 1 saturated heterocycles. The Morgan fingerprint density at radius 3 is 2.48 bits per heavy atom. The molecule has 2 aromatic carbocycles. The molecule has 0 aromatic heterocycles. The molecule has 0 unspecified atom stereocenters. The summed E-state index contributed by atoms with van der Waals surface area (Å²) in [6, 6.07) is 9.87. The number of piperidine rings is 1. The van der Waals surface area contributed by atoms with Gasteiger partial charge in [-0.15, -0.1) is 0 Å². The van der Waals surface area contributed by atoms with Crippen LogP contribution in [0.15, 0.2) is 47.4 Å². The summed E-state index contributed by atoms with van der Waals surface area (Å²) in [7, 11) is -2.82. The van der Waals surface area contributed by atoms with E-state index in [0.29, 0.717) is 37.1 Å². The Kier molecular flexibility index (Phi) is 6.62. The van der Waals surface area contributed by atoms with Crippen molar-refractivity contribution >= 4 is 10.0 Å². The molecular formula is C20H23F3N2O3S. The van der Waals surface area contributed by atoms with Gasteiger partial charge in [-0.2, -0.15) is 13.2 Å². The molecule has 1 aliphatic heterocycles. The van der Waals surface area contributed by atoms with Crippen molar-refractivity contribution in [1.82, 2.24) is 10.0 Å². The van der Waals surface area contributed by atoms with E-state index in [0.717, 1.165) is 12.1 Å². The van der Waals surface area contributed by atoms with Crippen LogP contribution in [0.3, 0.4) is 0 Å². The molecule has 0 amide bonds. The second-order valence-electron chi connectivity index (χ2n) is 6.94. The number of hydrogen-bond donors (Lipinski definition) is 2. The molecular weight excluding hydrogens is 405 g/mol. The van der Waals surface area contributed by atoms with Crippen molar-refractivity contribution in [2.75, 3.05) is 20.2 Å². The molecule has 0 radical (unpaired) electrons. The van der Waals surface area contributed by atoms with Gasteiger partial charge in [0.25, 0.3) is 0 Å². The molecule has 9 heteroatoms. The summed E-state index contributed by atoms with van der Waals surface area (Å²) in [5, 5.41) is 3.09. The van der Waals surface area contributed by atoms with E-state index in [1.807, 2.05) is 0 Å². The topological polar surface area (TPSA) is 67.4 Å². The third kappa shape index (κ3) is 5.16. The molecule has 1 fully saturated rings. The van der Waals surface area contributed by atoms with Crippen LogP contribution in [0, 0.1) is 0 Å². The first kappa shape index (κ1) is 21.8. The highest BCUT2D eigenvalue weighted by molar-refractivity contribution is 7.89. The van der Waals surface area contributed by atoms with Gasteiger partial charge in [0.2, 0.25) is 10.0 Å². The van der Waals surface area contributed by atoms with Gasteiger partial charge >= 0.3 is 6.18 Å². The summed E-state index contributed by atoms with van der Waals surface area (Å²) >= 11 is 0. The Hall–Kier alpha value is -1.94. The normalized spacial score (nSPS) is 16.1. The van der Waals surface area contributed by atoms with Crippen LogP contribution in [0.25, 0.3) is 11.1 Å². The van der Waals surface area contributed by atoms with E-state index in [2.05, 4.69) is 10.0 Å². The van der Waals surface area contributed by atoms with Gasteiger partial charge in [-0.05, 0) is 54.8 Å². The maximum atomic E-state index is 13.8. The lowest BCUT2D eigenvalue weighted by Crippen LogP contribution is -2.43. The number of rotatable bonds is 6. The van der Waals surface area contributed by atoms with Crippen molar-refractivity contribution in [3.05, 3.63) is 53.6 Å². The number of methoxy groups -OCH3 is 1. The minimum absolute atomic E-state index is 0.231. The van der Waals surface area contributed by atoms with Gasteiger partial charge in [-0.3, -0.25) is 0 Å². The second-order valence-corrected chi connectivity index (χ2v) is 8.63. The SMILES string of the molecule is COCc1ccccc1-c1ccc(S(=O)(=O)NC2CCNCC2)c(C(F)(F)F)c1. The van der Waals surface area contributed by atoms with Crippen LogP contribution in [-0.2, 0) is 27.5 Å². The second kappa shape index (κ2) is 8.83. The fraction of sp³-hybridized carbons (Fsp3) is 0.400. The Bertz CT molecular complexity index is 956. The van der Waals surface area contributed by atoms with Gasteiger partial charge in [0.1, 0.15) is 0 Å². The first-order valence-corrected chi connectivity index (χ1v) is 10.7. The average Bonchev–Trinajstić information content (AvgIpc) is 2.68. The Morgan fingerprint density at radius 2 is 1.83 bits per heavy atom. The number of alkyl halides is 3. The summed E-state index contributed by atoms with van der Waals surface area (Å²) in [5.41, 5.74) is 0.385. The lowest BCUT2D eigenvalue weighted by Gasteiger charge is -2.24. The maximum Gasteiger partial charge on any atom is 0.417 e. The van der Waals surface area contributed by atoms with Crippen molar-refractivity contribution in [1.29, 1.82) is 0 Å². The van der Waals surface area contributed by atoms with Gasteiger partial charge in [0.15, 0.2) is 0 Å². The highest BCUT2D eigenvalue weighted by atomic mass is 32.2. The maximum absolute atomic E-state index is 13.8. The Morgan fingerprint density at radius 1 is 1.14 bits per heavy atom. The zero-order valence-electron chi connectivity index (χ0n) is 15.9. The third-order valence-electron chi connectivity index (χ3n) is 4.86. The van der Waals surface area contributed by atoms with Crippen molar-refractivity contribution in [2.24, 2.45) is 0 Å². The van der Waals surface area contributed by atoms with Crippen LogP contribution in [0.4, 0.5) is 13.2 Å². The average molecular weight is 428 g/mol. The van der Waals surface area contributed by atoms with E-state index in [-0.39, 0.29) is 18.2 Å². The van der Waals surface area contributed by atoms with Crippen LogP contribution >= 0.6 is 0 Å². The predicted molar refractivity (Wildman–Crippen MR) is 104 cm³/mol. The Balaban J connectivity index is 2.03. The predicted octanol–water partition coefficient (Wildman–Crippen LogP) is 3.55. The lowest BCUT2D eigenvalue weighted by atomic mass is 9.98. The quantitative estimate of drug-likeness (QED) is 0.739. The van der Waals surface area contributed by atoms with Crippen LogP contribution in [0.1, 0.15) is 24.0 Å². The summed E-state index contributed by atoms with van der Waals surface area (Å²) in [6.07, 6.45) is -3.75. The van der Waals surface area contributed by atoms with Crippen molar-refractivity contribution in [3.63, 3.8) is 0 Å². The monoisotopic (exact) mass is 428 g/mol. The van der Waals surface area contributed by atoms with E-state index in [9.17, 15) is 21.6 Å². The van der Waals surface area contributed by atoms with Crippen molar-refractivity contribution in [2.45, 2.75) is 36.6 Å². The first-order valence-electron chi connectivity index (χ1n) is 9.24. The van der Waals surface area contributed by atoms with Crippen LogP contribution in [-0.4, -0.2) is 34.7 Å². The van der Waals surface area contributed by atoms with Crippen molar-refractivity contribution < 1.29 is 26.3 Å². The number of sulfonamides is 1. The van der Waals surface area contributed by atoms with E-state index >= 15 is 0 Å².